The summed E-state index contributed by atoms with van der Waals surface area (Å²) >= 11 is 1.47. The van der Waals surface area contributed by atoms with Gasteiger partial charge < -0.3 is 4.74 Å². The number of ether oxygens (including phenoxy) is 1. The summed E-state index contributed by atoms with van der Waals surface area (Å²) in [5.74, 6) is 0.551. The van der Waals surface area contributed by atoms with E-state index in [0.717, 1.165) is 16.0 Å². The highest BCUT2D eigenvalue weighted by molar-refractivity contribution is 7.22. The van der Waals surface area contributed by atoms with Gasteiger partial charge in [0.05, 0.1) is 17.3 Å². The van der Waals surface area contributed by atoms with Crippen molar-refractivity contribution in [2.45, 2.75) is 6.92 Å². The van der Waals surface area contributed by atoms with Gasteiger partial charge in [0.25, 0.3) is 5.91 Å². The van der Waals surface area contributed by atoms with Crippen LogP contribution >= 0.6 is 11.3 Å². The molecular weight excluding hydrogens is 284 g/mol. The average Bonchev–Trinajstić information content (AvgIpc) is 2.88. The summed E-state index contributed by atoms with van der Waals surface area (Å²) in [4.78, 5) is 16.6. The molecule has 5 heteroatoms. The van der Waals surface area contributed by atoms with Crippen molar-refractivity contribution in [2.75, 3.05) is 12.4 Å². The monoisotopic (exact) mass is 298 g/mol. The fraction of sp³-hybridized carbons (Fsp3) is 0.125. The number of rotatable bonds is 3. The van der Waals surface area contributed by atoms with Gasteiger partial charge in [-0.2, -0.15) is 0 Å². The standard InChI is InChI=1S/C16H14N2O2S/c1-10-3-8-13-14(9-10)21-16(17-13)18-15(19)11-4-6-12(20-2)7-5-11/h3-9H,1-2H3,(H,17,18,19). The van der Waals surface area contributed by atoms with Gasteiger partial charge in [-0.05, 0) is 48.9 Å². The molecular formula is C16H14N2O2S. The van der Waals surface area contributed by atoms with Crippen molar-refractivity contribution >= 4 is 32.6 Å². The molecule has 0 saturated carbocycles. The Morgan fingerprint density at radius 2 is 1.95 bits per heavy atom. The van der Waals surface area contributed by atoms with Crippen LogP contribution in [0, 0.1) is 6.92 Å². The van der Waals surface area contributed by atoms with E-state index in [2.05, 4.69) is 16.4 Å². The summed E-state index contributed by atoms with van der Waals surface area (Å²) in [6, 6.07) is 13.0. The average molecular weight is 298 g/mol. The molecule has 1 N–H and O–H groups in total. The van der Waals surface area contributed by atoms with Crippen molar-refractivity contribution in [1.82, 2.24) is 4.98 Å². The third-order valence-corrected chi connectivity index (χ3v) is 4.05. The number of nitrogens with one attached hydrogen (secondary N) is 1. The Balaban J connectivity index is 1.81. The Kier molecular flexibility index (Phi) is 3.58. The summed E-state index contributed by atoms with van der Waals surface area (Å²) in [5, 5.41) is 3.44. The van der Waals surface area contributed by atoms with Crippen LogP contribution in [0.4, 0.5) is 5.13 Å². The highest BCUT2D eigenvalue weighted by atomic mass is 32.1. The Labute approximate surface area is 126 Å². The first kappa shape index (κ1) is 13.6. The summed E-state index contributed by atoms with van der Waals surface area (Å²) in [6.07, 6.45) is 0. The number of nitrogens with zero attached hydrogens (tertiary/aromatic N) is 1. The number of methoxy groups -OCH3 is 1. The van der Waals surface area contributed by atoms with E-state index in [1.165, 1.54) is 16.9 Å². The molecule has 3 rings (SSSR count). The predicted octanol–water partition coefficient (Wildman–Crippen LogP) is 3.87. The number of hydrogen-bond acceptors (Lipinski definition) is 4. The lowest BCUT2D eigenvalue weighted by Gasteiger charge is -2.03. The van der Waals surface area contributed by atoms with E-state index in [1.807, 2.05) is 19.1 Å². The second-order valence-electron chi connectivity index (χ2n) is 4.67. The first-order valence-electron chi connectivity index (χ1n) is 6.48. The Morgan fingerprint density at radius 1 is 1.19 bits per heavy atom. The maximum Gasteiger partial charge on any atom is 0.257 e. The summed E-state index contributed by atoms with van der Waals surface area (Å²) in [6.45, 7) is 2.04. The van der Waals surface area contributed by atoms with Gasteiger partial charge in [-0.1, -0.05) is 17.4 Å². The van der Waals surface area contributed by atoms with Crippen LogP contribution < -0.4 is 10.1 Å². The van der Waals surface area contributed by atoms with E-state index >= 15 is 0 Å². The number of hydrogen-bond donors (Lipinski definition) is 1. The van der Waals surface area contributed by atoms with Crippen molar-refractivity contribution in [3.05, 3.63) is 53.6 Å². The molecule has 21 heavy (non-hydrogen) atoms. The third kappa shape index (κ3) is 2.87. The summed E-state index contributed by atoms with van der Waals surface area (Å²) < 4.78 is 6.15. The first-order chi connectivity index (χ1) is 10.2. The molecule has 3 aromatic rings. The maximum atomic E-state index is 12.2. The van der Waals surface area contributed by atoms with E-state index in [4.69, 9.17) is 4.74 Å². The zero-order chi connectivity index (χ0) is 14.8. The Bertz CT molecular complexity index is 794. The van der Waals surface area contributed by atoms with Gasteiger partial charge in [-0.15, -0.1) is 0 Å². The number of thiazole rings is 1. The summed E-state index contributed by atoms with van der Waals surface area (Å²) in [5.41, 5.74) is 2.65. The molecule has 1 amide bonds. The number of anilines is 1. The third-order valence-electron chi connectivity index (χ3n) is 3.12. The van der Waals surface area contributed by atoms with Gasteiger partial charge in [0.1, 0.15) is 5.75 Å². The zero-order valence-corrected chi connectivity index (χ0v) is 12.5. The SMILES string of the molecule is COc1ccc(C(=O)Nc2nc3ccc(C)cc3s2)cc1. The number of carbonyl (C=O) groups excluding carboxylic acids is 1. The van der Waals surface area contributed by atoms with Crippen molar-refractivity contribution in [3.63, 3.8) is 0 Å². The minimum atomic E-state index is -0.173. The number of aromatic nitrogens is 1. The molecule has 0 aliphatic rings. The minimum Gasteiger partial charge on any atom is -0.497 e. The second kappa shape index (κ2) is 5.54. The Hall–Kier alpha value is -2.40. The van der Waals surface area contributed by atoms with Crippen LogP contribution in [-0.4, -0.2) is 18.0 Å². The normalized spacial score (nSPS) is 10.6. The topological polar surface area (TPSA) is 51.2 Å². The highest BCUT2D eigenvalue weighted by Crippen LogP contribution is 2.27. The molecule has 4 nitrogen and oxygen atoms in total. The predicted molar refractivity (Wildman–Crippen MR) is 85.3 cm³/mol. The molecule has 0 aliphatic carbocycles. The lowest BCUT2D eigenvalue weighted by atomic mass is 10.2. The maximum absolute atomic E-state index is 12.2. The molecule has 1 aromatic heterocycles. The largest absolute Gasteiger partial charge is 0.497 e. The van der Waals surface area contributed by atoms with Gasteiger partial charge in [-0.25, -0.2) is 4.98 Å². The lowest BCUT2D eigenvalue weighted by Crippen LogP contribution is -2.11. The molecule has 0 bridgehead atoms. The fourth-order valence-electron chi connectivity index (χ4n) is 2.00. The van der Waals surface area contributed by atoms with Gasteiger partial charge >= 0.3 is 0 Å². The van der Waals surface area contributed by atoms with Crippen molar-refractivity contribution in [3.8, 4) is 5.75 Å². The van der Waals surface area contributed by atoms with Crippen LogP contribution in [0.2, 0.25) is 0 Å². The highest BCUT2D eigenvalue weighted by Gasteiger charge is 2.10. The zero-order valence-electron chi connectivity index (χ0n) is 11.7. The van der Waals surface area contributed by atoms with Gasteiger partial charge in [0.15, 0.2) is 5.13 Å². The molecule has 1 heterocycles. The Morgan fingerprint density at radius 3 is 2.67 bits per heavy atom. The van der Waals surface area contributed by atoms with Gasteiger partial charge in [0.2, 0.25) is 0 Å². The minimum absolute atomic E-state index is 0.173. The first-order valence-corrected chi connectivity index (χ1v) is 7.30. The van der Waals surface area contributed by atoms with Crippen LogP contribution in [0.1, 0.15) is 15.9 Å². The van der Waals surface area contributed by atoms with Gasteiger partial charge in [-0.3, -0.25) is 10.1 Å². The van der Waals surface area contributed by atoms with Crippen LogP contribution in [0.15, 0.2) is 42.5 Å². The van der Waals surface area contributed by atoms with E-state index in [9.17, 15) is 4.79 Å². The number of amides is 1. The van der Waals surface area contributed by atoms with E-state index in [1.54, 1.807) is 31.4 Å². The smallest absolute Gasteiger partial charge is 0.257 e. The van der Waals surface area contributed by atoms with E-state index in [0.29, 0.717) is 10.7 Å². The molecule has 2 aromatic carbocycles. The molecule has 0 spiro atoms. The number of aryl methyl sites for hydroxylation is 1. The van der Waals surface area contributed by atoms with E-state index in [-0.39, 0.29) is 5.91 Å². The van der Waals surface area contributed by atoms with Crippen molar-refractivity contribution in [2.24, 2.45) is 0 Å². The number of fused-ring (bicyclic) bond motifs is 1. The molecule has 0 saturated heterocycles. The molecule has 0 unspecified atom stereocenters. The molecule has 0 fully saturated rings. The van der Waals surface area contributed by atoms with Crippen molar-refractivity contribution in [1.29, 1.82) is 0 Å². The second-order valence-corrected chi connectivity index (χ2v) is 5.70. The summed E-state index contributed by atoms with van der Waals surface area (Å²) in [7, 11) is 1.60. The molecule has 0 aliphatic heterocycles. The van der Waals surface area contributed by atoms with Gasteiger partial charge in [0, 0.05) is 5.56 Å². The molecule has 106 valence electrons. The fourth-order valence-corrected chi connectivity index (χ4v) is 2.96. The van der Waals surface area contributed by atoms with Crippen LogP contribution in [-0.2, 0) is 0 Å². The lowest BCUT2D eigenvalue weighted by molar-refractivity contribution is 0.102. The molecule has 0 radical (unpaired) electrons. The van der Waals surface area contributed by atoms with Crippen molar-refractivity contribution < 1.29 is 9.53 Å². The van der Waals surface area contributed by atoms with Crippen LogP contribution in [0.3, 0.4) is 0 Å². The molecule has 0 atom stereocenters. The number of carbonyl (C=O) groups is 1. The quantitative estimate of drug-likeness (QED) is 0.798. The van der Waals surface area contributed by atoms with Crippen LogP contribution in [0.5, 0.6) is 5.75 Å². The van der Waals surface area contributed by atoms with Crippen LogP contribution in [0.25, 0.3) is 10.2 Å². The number of benzene rings is 2. The van der Waals surface area contributed by atoms with E-state index < -0.39 is 0 Å².